The van der Waals surface area contributed by atoms with E-state index < -0.39 is 0 Å². The van der Waals surface area contributed by atoms with Gasteiger partial charge in [-0.25, -0.2) is 4.79 Å². The first-order valence-corrected chi connectivity index (χ1v) is 5.91. The van der Waals surface area contributed by atoms with Gasteiger partial charge < -0.3 is 0 Å². The molecule has 2 aromatic rings. The molecule has 0 saturated carbocycles. The molecule has 0 saturated heterocycles. The molecule has 1 heterocycles. The molecule has 0 bridgehead atoms. The van der Waals surface area contributed by atoms with E-state index in [1.165, 1.54) is 29.4 Å². The lowest BCUT2D eigenvalue weighted by Crippen LogP contribution is -2.36. The largest absolute Gasteiger partial charge is 0.331 e. The van der Waals surface area contributed by atoms with Crippen LogP contribution in [0, 0.1) is 0 Å². The van der Waals surface area contributed by atoms with Gasteiger partial charge in [0.05, 0.1) is 5.03 Å². The highest BCUT2D eigenvalue weighted by molar-refractivity contribution is 7.99. The summed E-state index contributed by atoms with van der Waals surface area (Å²) < 4.78 is 2.56. The molecule has 0 aliphatic rings. The predicted octanol–water partition coefficient (Wildman–Crippen LogP) is 1.24. The minimum Gasteiger partial charge on any atom is -0.291 e. The summed E-state index contributed by atoms with van der Waals surface area (Å²) >= 11 is 1.40. The maximum absolute atomic E-state index is 11.7. The Morgan fingerprint density at radius 2 is 1.65 bits per heavy atom. The van der Waals surface area contributed by atoms with Crippen LogP contribution in [-0.2, 0) is 14.1 Å². The van der Waals surface area contributed by atoms with Crippen LogP contribution in [0.15, 0.2) is 55.9 Å². The highest BCUT2D eigenvalue weighted by atomic mass is 32.2. The minimum absolute atomic E-state index is 0.286. The molecule has 1 aromatic heterocycles. The average Bonchev–Trinajstić information content (AvgIpc) is 2.35. The molecular weight excluding hydrogens is 236 g/mol. The van der Waals surface area contributed by atoms with Crippen molar-refractivity contribution < 1.29 is 0 Å². The van der Waals surface area contributed by atoms with Crippen LogP contribution in [0.2, 0.25) is 0 Å². The molecule has 0 amide bonds. The quantitative estimate of drug-likeness (QED) is 0.751. The fraction of sp³-hybridized carbons (Fsp3) is 0.167. The van der Waals surface area contributed by atoms with Gasteiger partial charge in [-0.3, -0.25) is 13.9 Å². The molecule has 0 radical (unpaired) electrons. The molecule has 0 N–H and O–H groups in total. The molecule has 0 spiro atoms. The third-order valence-corrected chi connectivity index (χ3v) is 3.56. The van der Waals surface area contributed by atoms with E-state index in [1.807, 2.05) is 30.3 Å². The highest BCUT2D eigenvalue weighted by Crippen LogP contribution is 2.24. The van der Waals surface area contributed by atoms with E-state index in [9.17, 15) is 9.59 Å². The zero-order valence-corrected chi connectivity index (χ0v) is 10.4. The second-order valence-electron chi connectivity index (χ2n) is 3.64. The lowest BCUT2D eigenvalue weighted by molar-refractivity contribution is 0.636. The van der Waals surface area contributed by atoms with Gasteiger partial charge in [-0.05, 0) is 12.1 Å². The van der Waals surface area contributed by atoms with Gasteiger partial charge in [-0.15, -0.1) is 0 Å². The van der Waals surface area contributed by atoms with Gasteiger partial charge >= 0.3 is 5.69 Å². The summed E-state index contributed by atoms with van der Waals surface area (Å²) in [4.78, 5) is 24.2. The smallest absolute Gasteiger partial charge is 0.291 e. The third kappa shape index (κ3) is 2.34. The van der Waals surface area contributed by atoms with E-state index in [0.29, 0.717) is 5.03 Å². The number of aromatic nitrogens is 2. The van der Waals surface area contributed by atoms with Crippen LogP contribution >= 0.6 is 11.8 Å². The first kappa shape index (κ1) is 11.7. The van der Waals surface area contributed by atoms with Gasteiger partial charge in [0, 0.05) is 25.1 Å². The molecule has 5 heteroatoms. The van der Waals surface area contributed by atoms with Crippen molar-refractivity contribution in [3.8, 4) is 0 Å². The van der Waals surface area contributed by atoms with Gasteiger partial charge in [0.25, 0.3) is 5.56 Å². The predicted molar refractivity (Wildman–Crippen MR) is 67.5 cm³/mol. The van der Waals surface area contributed by atoms with Crippen molar-refractivity contribution >= 4 is 11.8 Å². The SMILES string of the molecule is Cn1c(Sc2ccccc2)cc(=O)n(C)c1=O. The summed E-state index contributed by atoms with van der Waals surface area (Å²) in [7, 11) is 3.13. The summed E-state index contributed by atoms with van der Waals surface area (Å²) in [6, 6.07) is 11.1. The summed E-state index contributed by atoms with van der Waals surface area (Å²) in [5.74, 6) is 0. The van der Waals surface area contributed by atoms with E-state index in [-0.39, 0.29) is 11.2 Å². The number of hydrogen-bond acceptors (Lipinski definition) is 3. The molecule has 0 fully saturated rings. The van der Waals surface area contributed by atoms with E-state index >= 15 is 0 Å². The molecule has 1 aromatic carbocycles. The van der Waals surface area contributed by atoms with Crippen molar-refractivity contribution in [3.05, 3.63) is 57.2 Å². The van der Waals surface area contributed by atoms with Crippen molar-refractivity contribution in [1.29, 1.82) is 0 Å². The first-order chi connectivity index (χ1) is 8.09. The van der Waals surface area contributed by atoms with Gasteiger partial charge in [-0.1, -0.05) is 30.0 Å². The molecule has 88 valence electrons. The van der Waals surface area contributed by atoms with Crippen molar-refractivity contribution in [2.75, 3.05) is 0 Å². The Balaban J connectivity index is 2.48. The highest BCUT2D eigenvalue weighted by Gasteiger charge is 2.06. The van der Waals surface area contributed by atoms with E-state index in [0.717, 1.165) is 9.46 Å². The van der Waals surface area contributed by atoms with E-state index in [4.69, 9.17) is 0 Å². The van der Waals surface area contributed by atoms with E-state index in [1.54, 1.807) is 7.05 Å². The molecule has 0 aliphatic carbocycles. The standard InChI is InChI=1S/C12H12N2O2S/c1-13-10(15)8-11(14(2)12(13)16)17-9-6-4-3-5-7-9/h3-8H,1-2H3. The molecular formula is C12H12N2O2S. The van der Waals surface area contributed by atoms with Crippen LogP contribution in [0.25, 0.3) is 0 Å². The zero-order valence-electron chi connectivity index (χ0n) is 9.58. The van der Waals surface area contributed by atoms with Gasteiger partial charge in [-0.2, -0.15) is 0 Å². The van der Waals surface area contributed by atoms with Crippen LogP contribution < -0.4 is 11.2 Å². The van der Waals surface area contributed by atoms with Crippen LogP contribution in [0.1, 0.15) is 0 Å². The Morgan fingerprint density at radius 3 is 2.29 bits per heavy atom. The summed E-state index contributed by atoms with van der Waals surface area (Å²) in [5.41, 5.74) is -0.595. The molecule has 0 aliphatic heterocycles. The Labute approximate surface area is 103 Å². The fourth-order valence-electron chi connectivity index (χ4n) is 1.42. The minimum atomic E-state index is -0.309. The van der Waals surface area contributed by atoms with E-state index in [2.05, 4.69) is 0 Å². The lowest BCUT2D eigenvalue weighted by Gasteiger charge is -2.08. The van der Waals surface area contributed by atoms with Crippen molar-refractivity contribution in [1.82, 2.24) is 9.13 Å². The van der Waals surface area contributed by atoms with Crippen molar-refractivity contribution in [3.63, 3.8) is 0 Å². The normalized spacial score (nSPS) is 10.5. The molecule has 0 atom stereocenters. The summed E-state index contributed by atoms with van der Waals surface area (Å²) in [5, 5.41) is 0.643. The number of benzene rings is 1. The Kier molecular flexibility index (Phi) is 3.19. The molecule has 2 rings (SSSR count). The molecule has 17 heavy (non-hydrogen) atoms. The second kappa shape index (κ2) is 4.63. The number of nitrogens with zero attached hydrogens (tertiary/aromatic N) is 2. The van der Waals surface area contributed by atoms with Crippen molar-refractivity contribution in [2.45, 2.75) is 9.92 Å². The Morgan fingerprint density at radius 1 is 1.00 bits per heavy atom. The van der Waals surface area contributed by atoms with Crippen LogP contribution in [0.3, 0.4) is 0 Å². The van der Waals surface area contributed by atoms with Crippen LogP contribution in [0.4, 0.5) is 0 Å². The third-order valence-electron chi connectivity index (χ3n) is 2.45. The Hall–Kier alpha value is -1.75. The summed E-state index contributed by atoms with van der Waals surface area (Å²) in [6.07, 6.45) is 0. The Bertz CT molecular complexity index is 644. The first-order valence-electron chi connectivity index (χ1n) is 5.09. The molecule has 4 nitrogen and oxygen atoms in total. The lowest BCUT2D eigenvalue weighted by atomic mass is 10.4. The average molecular weight is 248 g/mol. The van der Waals surface area contributed by atoms with Gasteiger partial charge in [0.15, 0.2) is 0 Å². The topological polar surface area (TPSA) is 44.0 Å². The monoisotopic (exact) mass is 248 g/mol. The fourth-order valence-corrected chi connectivity index (χ4v) is 2.33. The summed E-state index contributed by atoms with van der Waals surface area (Å²) in [6.45, 7) is 0. The molecule has 0 unspecified atom stereocenters. The maximum Gasteiger partial charge on any atom is 0.331 e. The number of hydrogen-bond donors (Lipinski definition) is 0. The maximum atomic E-state index is 11.7. The number of rotatable bonds is 2. The van der Waals surface area contributed by atoms with Crippen molar-refractivity contribution in [2.24, 2.45) is 14.1 Å². The van der Waals surface area contributed by atoms with Gasteiger partial charge in [0.2, 0.25) is 0 Å². The zero-order chi connectivity index (χ0) is 12.4. The second-order valence-corrected chi connectivity index (χ2v) is 4.73. The van der Waals surface area contributed by atoms with Gasteiger partial charge in [0.1, 0.15) is 0 Å². The van der Waals surface area contributed by atoms with Crippen LogP contribution in [0.5, 0.6) is 0 Å². The van der Waals surface area contributed by atoms with Crippen LogP contribution in [-0.4, -0.2) is 9.13 Å².